The second kappa shape index (κ2) is 9.82. The third-order valence-electron chi connectivity index (χ3n) is 8.65. The molecule has 2 saturated carbocycles. The van der Waals surface area contributed by atoms with Crippen LogP contribution in [0.4, 0.5) is 0 Å². The van der Waals surface area contributed by atoms with E-state index in [0.29, 0.717) is 30.8 Å². The minimum atomic E-state index is -0.483. The zero-order valence-corrected chi connectivity index (χ0v) is 20.5. The minimum Gasteiger partial charge on any atom is -0.491 e. The van der Waals surface area contributed by atoms with Crippen LogP contribution < -0.4 is 4.74 Å². The molecule has 0 radical (unpaired) electrons. The molecule has 1 saturated heterocycles. The summed E-state index contributed by atoms with van der Waals surface area (Å²) in [5.74, 6) is 0.882. The highest BCUT2D eigenvalue weighted by Gasteiger charge is 2.48. The van der Waals surface area contributed by atoms with Gasteiger partial charge in [0.1, 0.15) is 0 Å². The summed E-state index contributed by atoms with van der Waals surface area (Å²) in [7, 11) is 1.35. The molecule has 3 aliphatic carbocycles. The maximum absolute atomic E-state index is 12.0. The number of nitrogens with zero attached hydrogens (tertiary/aromatic N) is 1. The average Bonchev–Trinajstić information content (AvgIpc) is 3.40. The first-order valence-electron chi connectivity index (χ1n) is 12.8. The van der Waals surface area contributed by atoms with Crippen molar-refractivity contribution in [3.8, 4) is 5.75 Å². The number of fused-ring (bicyclic) bond motifs is 2. The molecule has 3 fully saturated rings. The van der Waals surface area contributed by atoms with Gasteiger partial charge in [0.15, 0.2) is 17.7 Å². The first kappa shape index (κ1) is 23.6. The molecule has 0 bridgehead atoms. The van der Waals surface area contributed by atoms with E-state index in [2.05, 4.69) is 18.5 Å². The lowest BCUT2D eigenvalue weighted by Crippen LogP contribution is -2.46. The van der Waals surface area contributed by atoms with E-state index in [1.54, 1.807) is 18.3 Å². The molecular weight excluding hydrogens is 430 g/mol. The van der Waals surface area contributed by atoms with E-state index in [1.807, 2.05) is 0 Å². The summed E-state index contributed by atoms with van der Waals surface area (Å²) in [4.78, 5) is 16.2. The molecule has 5 rings (SSSR count). The Morgan fingerprint density at radius 2 is 2.09 bits per heavy atom. The highest BCUT2D eigenvalue weighted by Crippen LogP contribution is 2.56. The Balaban J connectivity index is 1.29. The van der Waals surface area contributed by atoms with Gasteiger partial charge in [0.25, 0.3) is 0 Å². The van der Waals surface area contributed by atoms with Gasteiger partial charge < -0.3 is 18.9 Å². The number of pyridine rings is 1. The van der Waals surface area contributed by atoms with Crippen molar-refractivity contribution in [3.63, 3.8) is 0 Å². The Hall–Kier alpha value is -2.18. The van der Waals surface area contributed by atoms with Gasteiger partial charge in [0.05, 0.1) is 26.4 Å². The second-order valence-electron chi connectivity index (χ2n) is 10.5. The SMILES string of the molecule is C=C1CCC2=C3CO[C@@H](C4CCCC4)O[C@@H]3CCC2(C)[C@@H]1CCOc1cccnc1C(=O)OC. The molecule has 4 atom stereocenters. The summed E-state index contributed by atoms with van der Waals surface area (Å²) in [5.41, 5.74) is 4.49. The van der Waals surface area contributed by atoms with Gasteiger partial charge in [0.2, 0.25) is 0 Å². The maximum Gasteiger partial charge on any atom is 0.360 e. The smallest absolute Gasteiger partial charge is 0.360 e. The van der Waals surface area contributed by atoms with Gasteiger partial charge in [-0.3, -0.25) is 0 Å². The third-order valence-corrected chi connectivity index (χ3v) is 8.65. The normalized spacial score (nSPS) is 31.7. The number of rotatable bonds is 6. The monoisotopic (exact) mass is 467 g/mol. The van der Waals surface area contributed by atoms with Crippen molar-refractivity contribution in [2.24, 2.45) is 17.3 Å². The largest absolute Gasteiger partial charge is 0.491 e. The highest BCUT2D eigenvalue weighted by atomic mass is 16.7. The van der Waals surface area contributed by atoms with Crippen molar-refractivity contribution in [1.82, 2.24) is 4.98 Å². The molecule has 0 amide bonds. The number of methoxy groups -OCH3 is 1. The summed E-state index contributed by atoms with van der Waals surface area (Å²) >= 11 is 0. The lowest BCUT2D eigenvalue weighted by atomic mass is 9.56. The van der Waals surface area contributed by atoms with E-state index >= 15 is 0 Å². The van der Waals surface area contributed by atoms with Gasteiger partial charge in [-0.2, -0.15) is 0 Å². The summed E-state index contributed by atoms with van der Waals surface area (Å²) in [5, 5.41) is 0. The fraction of sp³-hybridized carbons (Fsp3) is 0.643. The van der Waals surface area contributed by atoms with E-state index < -0.39 is 5.97 Å². The van der Waals surface area contributed by atoms with Gasteiger partial charge in [0, 0.05) is 12.1 Å². The van der Waals surface area contributed by atoms with Crippen molar-refractivity contribution in [3.05, 3.63) is 47.3 Å². The summed E-state index contributed by atoms with van der Waals surface area (Å²) in [6.45, 7) is 8.06. The summed E-state index contributed by atoms with van der Waals surface area (Å²) in [6, 6.07) is 3.54. The predicted octanol–water partition coefficient (Wildman–Crippen LogP) is 5.63. The number of hydrogen-bond donors (Lipinski definition) is 0. The number of aromatic nitrogens is 1. The quantitative estimate of drug-likeness (QED) is 0.399. The van der Waals surface area contributed by atoms with Gasteiger partial charge >= 0.3 is 5.97 Å². The van der Waals surface area contributed by atoms with Crippen LogP contribution in [0.5, 0.6) is 5.75 Å². The van der Waals surface area contributed by atoms with Crippen molar-refractivity contribution >= 4 is 5.97 Å². The molecule has 0 N–H and O–H groups in total. The molecule has 4 aliphatic rings. The number of esters is 1. The van der Waals surface area contributed by atoms with Crippen LogP contribution in [0, 0.1) is 17.3 Å². The van der Waals surface area contributed by atoms with E-state index in [-0.39, 0.29) is 23.5 Å². The highest BCUT2D eigenvalue weighted by molar-refractivity contribution is 5.90. The molecule has 1 unspecified atom stereocenters. The van der Waals surface area contributed by atoms with E-state index in [9.17, 15) is 4.79 Å². The van der Waals surface area contributed by atoms with E-state index in [1.165, 1.54) is 49.5 Å². The molecule has 0 spiro atoms. The average molecular weight is 468 g/mol. The fourth-order valence-corrected chi connectivity index (χ4v) is 6.80. The fourth-order valence-electron chi connectivity index (χ4n) is 6.80. The topological polar surface area (TPSA) is 66.9 Å². The van der Waals surface area contributed by atoms with Crippen LogP contribution in [0.3, 0.4) is 0 Å². The molecule has 6 nitrogen and oxygen atoms in total. The van der Waals surface area contributed by atoms with Crippen LogP contribution in [0.15, 0.2) is 41.6 Å². The summed E-state index contributed by atoms with van der Waals surface area (Å²) < 4.78 is 23.7. The number of allylic oxidation sites excluding steroid dienone is 2. The number of carbonyl (C=O) groups is 1. The maximum atomic E-state index is 12.0. The number of hydrogen-bond acceptors (Lipinski definition) is 6. The number of carbonyl (C=O) groups excluding carboxylic acids is 1. The lowest BCUT2D eigenvalue weighted by molar-refractivity contribution is -0.217. The van der Waals surface area contributed by atoms with Gasteiger partial charge in [-0.05, 0) is 74.0 Å². The zero-order chi connectivity index (χ0) is 23.7. The van der Waals surface area contributed by atoms with Crippen molar-refractivity contribution in [2.45, 2.75) is 77.1 Å². The van der Waals surface area contributed by atoms with Crippen LogP contribution >= 0.6 is 0 Å². The van der Waals surface area contributed by atoms with Crippen LogP contribution in [-0.2, 0) is 14.2 Å². The molecule has 184 valence electrons. The molecule has 1 aliphatic heterocycles. The molecular formula is C28H37NO5. The Morgan fingerprint density at radius 1 is 1.26 bits per heavy atom. The zero-order valence-electron chi connectivity index (χ0n) is 20.5. The molecule has 0 aromatic carbocycles. The van der Waals surface area contributed by atoms with Crippen molar-refractivity contribution < 1.29 is 23.7 Å². The second-order valence-corrected chi connectivity index (χ2v) is 10.5. The van der Waals surface area contributed by atoms with Gasteiger partial charge in [-0.15, -0.1) is 0 Å². The van der Waals surface area contributed by atoms with Crippen LogP contribution in [0.25, 0.3) is 0 Å². The van der Waals surface area contributed by atoms with E-state index in [0.717, 1.165) is 32.1 Å². The minimum absolute atomic E-state index is 0.0209. The molecule has 1 aromatic heterocycles. The molecule has 6 heteroatoms. The van der Waals surface area contributed by atoms with Crippen LogP contribution in [0.2, 0.25) is 0 Å². The standard InChI is InChI=1S/C28H37NO5/c1-18-10-11-22-20-17-33-27(19-7-4-5-8-19)34-23(20)12-14-28(22,2)21(18)13-16-32-24-9-6-15-29-25(24)26(30)31-3/h6,9,15,19,21,23,27H,1,4-5,7-8,10-14,16-17H2,2-3H3/t21-,23-,27-,28?/m1/s1. The van der Waals surface area contributed by atoms with Gasteiger partial charge in [-0.1, -0.05) is 37.5 Å². The van der Waals surface area contributed by atoms with Crippen LogP contribution in [-0.4, -0.2) is 43.7 Å². The summed E-state index contributed by atoms with van der Waals surface area (Å²) in [6.07, 6.45) is 11.9. The molecule has 1 aromatic rings. The molecule has 2 heterocycles. The van der Waals surface area contributed by atoms with Gasteiger partial charge in [-0.25, -0.2) is 9.78 Å². The van der Waals surface area contributed by atoms with Crippen molar-refractivity contribution in [1.29, 1.82) is 0 Å². The Kier molecular flexibility index (Phi) is 6.81. The van der Waals surface area contributed by atoms with Crippen molar-refractivity contribution in [2.75, 3.05) is 20.3 Å². The predicted molar refractivity (Wildman–Crippen MR) is 128 cm³/mol. The van der Waals surface area contributed by atoms with E-state index in [4.69, 9.17) is 18.9 Å². The van der Waals surface area contributed by atoms with Crippen LogP contribution in [0.1, 0.15) is 75.2 Å². The Morgan fingerprint density at radius 3 is 2.88 bits per heavy atom. The Bertz CT molecular complexity index is 965. The Labute approximate surface area is 202 Å². The molecule has 34 heavy (non-hydrogen) atoms. The third kappa shape index (κ3) is 4.31. The number of ether oxygens (including phenoxy) is 4. The first-order chi connectivity index (χ1) is 16.5. The lowest BCUT2D eigenvalue weighted by Gasteiger charge is -2.52. The first-order valence-corrected chi connectivity index (χ1v) is 12.8.